The maximum Gasteiger partial charge on any atom is 0.339 e. The fraction of sp³-hybridized carbons (Fsp3) is 0.130. The van der Waals surface area contributed by atoms with Gasteiger partial charge in [0, 0.05) is 5.56 Å². The number of nitrogens with two attached hydrogens (primary N) is 1. The highest BCUT2D eigenvalue weighted by atomic mass is 35.5. The van der Waals surface area contributed by atoms with Crippen molar-refractivity contribution in [1.82, 2.24) is 0 Å². The van der Waals surface area contributed by atoms with Crippen molar-refractivity contribution in [2.45, 2.75) is 17.9 Å². The fourth-order valence-corrected chi connectivity index (χ4v) is 4.11. The number of aryl methyl sites for hydroxylation is 1. The summed E-state index contributed by atoms with van der Waals surface area (Å²) in [6.07, 6.45) is -1.34. The molecule has 3 aromatic rings. The van der Waals surface area contributed by atoms with Crippen molar-refractivity contribution in [3.05, 3.63) is 88.4 Å². The zero-order chi connectivity index (χ0) is 24.2. The largest absolute Gasteiger partial charge is 0.495 e. The monoisotopic (exact) mass is 488 g/mol. The second-order valence-electron chi connectivity index (χ2n) is 7.08. The first kappa shape index (κ1) is 24.2. The summed E-state index contributed by atoms with van der Waals surface area (Å²) in [6.45, 7) is 1.85. The van der Waals surface area contributed by atoms with Gasteiger partial charge in [-0.25, -0.2) is 18.4 Å². The quantitative estimate of drug-likeness (QED) is 0.487. The van der Waals surface area contributed by atoms with Gasteiger partial charge in [0.25, 0.3) is 5.91 Å². The Morgan fingerprint density at radius 2 is 1.73 bits per heavy atom. The lowest BCUT2D eigenvalue weighted by molar-refractivity contribution is -0.125. The van der Waals surface area contributed by atoms with Crippen LogP contribution in [-0.4, -0.2) is 27.4 Å². The SMILES string of the molecule is COc1ccc(C)cc1NC(=O)C(OC(=O)c1ccc(Cl)c(S(N)(=O)=O)c1)c1ccccc1. The third-order valence-electron chi connectivity index (χ3n) is 4.65. The molecule has 0 radical (unpaired) electrons. The number of amides is 1. The third kappa shape index (κ3) is 5.89. The van der Waals surface area contributed by atoms with Gasteiger partial charge in [-0.3, -0.25) is 4.79 Å². The number of hydrogen-bond donors (Lipinski definition) is 2. The van der Waals surface area contributed by atoms with E-state index in [0.717, 1.165) is 11.6 Å². The minimum absolute atomic E-state index is 0.134. The molecule has 3 N–H and O–H groups in total. The molecule has 0 spiro atoms. The number of carbonyl (C=O) groups is 2. The van der Waals surface area contributed by atoms with Crippen molar-refractivity contribution in [3.63, 3.8) is 0 Å². The summed E-state index contributed by atoms with van der Waals surface area (Å²) < 4.78 is 34.3. The summed E-state index contributed by atoms with van der Waals surface area (Å²) in [7, 11) is -2.70. The number of esters is 1. The Morgan fingerprint density at radius 3 is 2.36 bits per heavy atom. The highest BCUT2D eigenvalue weighted by Gasteiger charge is 2.27. The van der Waals surface area contributed by atoms with E-state index in [4.69, 9.17) is 26.2 Å². The molecule has 0 saturated heterocycles. The number of carbonyl (C=O) groups excluding carboxylic acids is 2. The molecule has 10 heteroatoms. The molecule has 0 aliphatic carbocycles. The van der Waals surface area contributed by atoms with E-state index < -0.39 is 32.9 Å². The van der Waals surface area contributed by atoms with Crippen LogP contribution in [0, 0.1) is 6.92 Å². The van der Waals surface area contributed by atoms with E-state index in [1.165, 1.54) is 19.2 Å². The van der Waals surface area contributed by atoms with Crippen LogP contribution in [0.2, 0.25) is 5.02 Å². The number of hydrogen-bond acceptors (Lipinski definition) is 6. The van der Waals surface area contributed by atoms with E-state index >= 15 is 0 Å². The molecule has 0 aliphatic rings. The molecule has 0 saturated carbocycles. The number of primary sulfonamides is 1. The van der Waals surface area contributed by atoms with Crippen LogP contribution >= 0.6 is 11.6 Å². The number of benzene rings is 3. The van der Waals surface area contributed by atoms with Crippen molar-refractivity contribution >= 4 is 39.2 Å². The Balaban J connectivity index is 1.94. The van der Waals surface area contributed by atoms with Crippen molar-refractivity contribution < 1.29 is 27.5 Å². The Labute approximate surface area is 196 Å². The zero-order valence-electron chi connectivity index (χ0n) is 17.7. The highest BCUT2D eigenvalue weighted by Crippen LogP contribution is 2.29. The highest BCUT2D eigenvalue weighted by molar-refractivity contribution is 7.89. The lowest BCUT2D eigenvalue weighted by Gasteiger charge is -2.19. The first-order valence-corrected chi connectivity index (χ1v) is 11.6. The molecule has 8 nitrogen and oxygen atoms in total. The molecule has 3 rings (SSSR count). The van der Waals surface area contributed by atoms with E-state index in [9.17, 15) is 18.0 Å². The Hall–Kier alpha value is -3.40. The van der Waals surface area contributed by atoms with Crippen molar-refractivity contribution in [2.24, 2.45) is 5.14 Å². The van der Waals surface area contributed by atoms with Crippen LogP contribution in [-0.2, 0) is 19.6 Å². The molecule has 0 aromatic heterocycles. The first-order chi connectivity index (χ1) is 15.6. The van der Waals surface area contributed by atoms with Gasteiger partial charge in [0.05, 0.1) is 23.4 Å². The van der Waals surface area contributed by atoms with Gasteiger partial charge >= 0.3 is 5.97 Å². The molecule has 1 amide bonds. The molecule has 3 aromatic carbocycles. The summed E-state index contributed by atoms with van der Waals surface area (Å²) >= 11 is 5.88. The molecule has 0 bridgehead atoms. The summed E-state index contributed by atoms with van der Waals surface area (Å²) in [5.74, 6) is -1.13. The van der Waals surface area contributed by atoms with Crippen LogP contribution in [0.25, 0.3) is 0 Å². The van der Waals surface area contributed by atoms with Crippen LogP contribution in [0.3, 0.4) is 0 Å². The molecule has 33 heavy (non-hydrogen) atoms. The van der Waals surface area contributed by atoms with E-state index in [1.807, 2.05) is 13.0 Å². The molecule has 1 atom stereocenters. The third-order valence-corrected chi connectivity index (χ3v) is 6.04. The van der Waals surface area contributed by atoms with Gasteiger partial charge in [0.2, 0.25) is 16.1 Å². The summed E-state index contributed by atoms with van der Waals surface area (Å²) in [4.78, 5) is 25.6. The minimum atomic E-state index is -4.17. The smallest absolute Gasteiger partial charge is 0.339 e. The van der Waals surface area contributed by atoms with Crippen molar-refractivity contribution in [1.29, 1.82) is 0 Å². The van der Waals surface area contributed by atoms with Crippen LogP contribution in [0.15, 0.2) is 71.6 Å². The molecule has 0 heterocycles. The standard InChI is InChI=1S/C23H21ClN2O6S/c1-14-8-11-19(31-2)18(12-14)26-22(27)21(15-6-4-3-5-7-15)32-23(28)16-9-10-17(24)20(13-16)33(25,29)30/h3-13,21H,1-2H3,(H,26,27)(H2,25,29,30). The normalized spacial score (nSPS) is 12.0. The van der Waals surface area contributed by atoms with Crippen LogP contribution in [0.1, 0.15) is 27.6 Å². The molecular formula is C23H21ClN2O6S. The topological polar surface area (TPSA) is 125 Å². The Morgan fingerprint density at radius 1 is 1.03 bits per heavy atom. The molecule has 172 valence electrons. The Kier molecular flexibility index (Phi) is 7.37. The van der Waals surface area contributed by atoms with Gasteiger partial charge < -0.3 is 14.8 Å². The second kappa shape index (κ2) is 10.0. The maximum atomic E-state index is 13.2. The number of methoxy groups -OCH3 is 1. The van der Waals surface area contributed by atoms with Gasteiger partial charge in [0.1, 0.15) is 10.6 Å². The molecule has 1 unspecified atom stereocenters. The summed E-state index contributed by atoms with van der Waals surface area (Å²) in [5.41, 5.74) is 1.57. The predicted octanol–water partition coefficient (Wildman–Crippen LogP) is 3.84. The van der Waals surface area contributed by atoms with Gasteiger partial charge in [-0.15, -0.1) is 0 Å². The number of nitrogens with one attached hydrogen (secondary N) is 1. The molecule has 0 aliphatic heterocycles. The van der Waals surface area contributed by atoms with Crippen molar-refractivity contribution in [3.8, 4) is 5.75 Å². The van der Waals surface area contributed by atoms with Crippen LogP contribution in [0.5, 0.6) is 5.75 Å². The van der Waals surface area contributed by atoms with E-state index in [0.29, 0.717) is 17.0 Å². The van der Waals surface area contributed by atoms with Crippen molar-refractivity contribution in [2.75, 3.05) is 12.4 Å². The van der Waals surface area contributed by atoms with Crippen LogP contribution in [0.4, 0.5) is 5.69 Å². The zero-order valence-corrected chi connectivity index (χ0v) is 19.3. The van der Waals surface area contributed by atoms with Gasteiger partial charge in [0.15, 0.2) is 0 Å². The van der Waals surface area contributed by atoms with E-state index in [1.54, 1.807) is 42.5 Å². The number of halogens is 1. The van der Waals surface area contributed by atoms with Gasteiger partial charge in [-0.2, -0.15) is 0 Å². The van der Waals surface area contributed by atoms with Gasteiger partial charge in [-0.05, 0) is 42.8 Å². The van der Waals surface area contributed by atoms with Crippen LogP contribution < -0.4 is 15.2 Å². The lowest BCUT2D eigenvalue weighted by Crippen LogP contribution is -2.26. The number of sulfonamides is 1. The van der Waals surface area contributed by atoms with Gasteiger partial charge in [-0.1, -0.05) is 48.0 Å². The number of ether oxygens (including phenoxy) is 2. The predicted molar refractivity (Wildman–Crippen MR) is 124 cm³/mol. The minimum Gasteiger partial charge on any atom is -0.495 e. The second-order valence-corrected chi connectivity index (χ2v) is 9.02. The van der Waals surface area contributed by atoms with E-state index in [2.05, 4.69) is 5.32 Å². The molecule has 0 fully saturated rings. The van der Waals surface area contributed by atoms with E-state index in [-0.39, 0.29) is 10.6 Å². The lowest BCUT2D eigenvalue weighted by atomic mass is 10.1. The number of rotatable bonds is 7. The molecular weight excluding hydrogens is 468 g/mol. The summed E-state index contributed by atoms with van der Waals surface area (Å²) in [6, 6.07) is 17.1. The Bertz CT molecular complexity index is 1300. The average molecular weight is 489 g/mol. The average Bonchev–Trinajstić information content (AvgIpc) is 2.77. The fourth-order valence-electron chi connectivity index (χ4n) is 3.04. The maximum absolute atomic E-state index is 13.2. The number of anilines is 1. The first-order valence-electron chi connectivity index (χ1n) is 9.64. The summed E-state index contributed by atoms with van der Waals surface area (Å²) in [5, 5.41) is 7.74.